The molecule has 0 heterocycles. The lowest BCUT2D eigenvalue weighted by atomic mass is 9.91. The molecule has 1 unspecified atom stereocenters. The first-order valence-electron chi connectivity index (χ1n) is 5.98. The zero-order chi connectivity index (χ0) is 14.7. The maximum absolute atomic E-state index is 13.8. The van der Waals surface area contributed by atoms with Gasteiger partial charge in [0, 0.05) is 5.02 Å². The molecule has 4 heteroatoms. The molecule has 2 nitrogen and oxygen atoms in total. The number of hydrogen-bond acceptors (Lipinski definition) is 2. The van der Waals surface area contributed by atoms with E-state index in [1.54, 1.807) is 12.1 Å². The van der Waals surface area contributed by atoms with E-state index < -0.39 is 17.5 Å². The second kappa shape index (κ2) is 5.85. The predicted octanol–water partition coefficient (Wildman–Crippen LogP) is 4.28. The number of carbonyl (C=O) groups excluding carboxylic acids is 1. The molecule has 0 bridgehead atoms. The lowest BCUT2D eigenvalue weighted by molar-refractivity contribution is 0.0975. The molecule has 0 fully saturated rings. The number of benzene rings is 2. The highest BCUT2D eigenvalue weighted by molar-refractivity contribution is 6.30. The van der Waals surface area contributed by atoms with Crippen LogP contribution in [0.2, 0.25) is 5.02 Å². The van der Waals surface area contributed by atoms with Crippen LogP contribution in [0.3, 0.4) is 0 Å². The third kappa shape index (κ3) is 2.87. The minimum Gasteiger partial charge on any atom is -0.292 e. The number of hydrogen-bond donors (Lipinski definition) is 0. The van der Waals surface area contributed by atoms with E-state index in [0.717, 1.165) is 11.6 Å². The molecule has 0 spiro atoms. The summed E-state index contributed by atoms with van der Waals surface area (Å²) < 4.78 is 13.8. The van der Waals surface area contributed by atoms with Crippen molar-refractivity contribution in [1.82, 2.24) is 0 Å². The van der Waals surface area contributed by atoms with Gasteiger partial charge in [-0.05, 0) is 30.7 Å². The molecular formula is C16H11ClFNO. The van der Waals surface area contributed by atoms with E-state index in [0.29, 0.717) is 5.56 Å². The van der Waals surface area contributed by atoms with E-state index in [2.05, 4.69) is 0 Å². The smallest absolute Gasteiger partial charge is 0.187 e. The number of nitriles is 1. The fourth-order valence-electron chi connectivity index (χ4n) is 1.89. The Morgan fingerprint density at radius 3 is 2.45 bits per heavy atom. The minimum atomic E-state index is -1.02. The van der Waals surface area contributed by atoms with Crippen molar-refractivity contribution in [3.63, 3.8) is 0 Å². The summed E-state index contributed by atoms with van der Waals surface area (Å²) in [5.41, 5.74) is 1.45. The van der Waals surface area contributed by atoms with Crippen LogP contribution >= 0.6 is 11.6 Å². The molecule has 20 heavy (non-hydrogen) atoms. The van der Waals surface area contributed by atoms with Gasteiger partial charge >= 0.3 is 0 Å². The highest BCUT2D eigenvalue weighted by atomic mass is 35.5. The van der Waals surface area contributed by atoms with Gasteiger partial charge in [-0.25, -0.2) is 4.39 Å². The van der Waals surface area contributed by atoms with Gasteiger partial charge in [0.1, 0.15) is 11.7 Å². The van der Waals surface area contributed by atoms with Gasteiger partial charge in [0.2, 0.25) is 0 Å². The number of aryl methyl sites for hydroxylation is 1. The number of Topliss-reactive ketones (excluding diaryl/α,β-unsaturated/α-hetero) is 1. The first-order valence-corrected chi connectivity index (χ1v) is 6.36. The topological polar surface area (TPSA) is 40.9 Å². The summed E-state index contributed by atoms with van der Waals surface area (Å²) in [5.74, 6) is -2.30. The van der Waals surface area contributed by atoms with Crippen LogP contribution in [-0.2, 0) is 0 Å². The standard InChI is InChI=1S/C16H11ClFNO/c1-10-2-4-11(5-3-10)14(9-19)16(20)13-7-6-12(17)8-15(13)18/h2-8,14H,1H3. The third-order valence-corrected chi connectivity index (χ3v) is 3.23. The number of ketones is 1. The van der Waals surface area contributed by atoms with Crippen LogP contribution in [0.4, 0.5) is 4.39 Å². The second-order valence-corrected chi connectivity index (χ2v) is 4.90. The monoisotopic (exact) mass is 287 g/mol. The summed E-state index contributed by atoms with van der Waals surface area (Å²) in [6.45, 7) is 1.91. The van der Waals surface area contributed by atoms with E-state index in [1.165, 1.54) is 12.1 Å². The molecule has 100 valence electrons. The number of carbonyl (C=O) groups is 1. The molecule has 2 rings (SSSR count). The van der Waals surface area contributed by atoms with Gasteiger partial charge in [0.05, 0.1) is 11.6 Å². The summed E-state index contributed by atoms with van der Waals surface area (Å²) in [4.78, 5) is 12.3. The van der Waals surface area contributed by atoms with Crippen molar-refractivity contribution in [3.8, 4) is 6.07 Å². The van der Waals surface area contributed by atoms with Crippen molar-refractivity contribution >= 4 is 17.4 Å². The van der Waals surface area contributed by atoms with Crippen LogP contribution < -0.4 is 0 Å². The van der Waals surface area contributed by atoms with Crippen LogP contribution in [0, 0.1) is 24.1 Å². The Kier molecular flexibility index (Phi) is 4.16. The Labute approximate surface area is 121 Å². The molecule has 1 atom stereocenters. The first-order chi connectivity index (χ1) is 9.52. The molecule has 0 amide bonds. The van der Waals surface area contributed by atoms with E-state index in [-0.39, 0.29) is 10.6 Å². The molecule has 0 aliphatic heterocycles. The summed E-state index contributed by atoms with van der Waals surface area (Å²) in [7, 11) is 0. The van der Waals surface area contributed by atoms with Crippen LogP contribution in [0.25, 0.3) is 0 Å². The Morgan fingerprint density at radius 2 is 1.90 bits per heavy atom. The average Bonchev–Trinajstić information content (AvgIpc) is 2.41. The Hall–Kier alpha value is -2.18. The molecule has 2 aromatic carbocycles. The highest BCUT2D eigenvalue weighted by Crippen LogP contribution is 2.24. The van der Waals surface area contributed by atoms with Gasteiger partial charge in [0.25, 0.3) is 0 Å². The van der Waals surface area contributed by atoms with Gasteiger partial charge in [-0.1, -0.05) is 41.4 Å². The Balaban J connectivity index is 2.39. The normalized spacial score (nSPS) is 11.7. The van der Waals surface area contributed by atoms with Crippen molar-refractivity contribution < 1.29 is 9.18 Å². The van der Waals surface area contributed by atoms with E-state index >= 15 is 0 Å². The lowest BCUT2D eigenvalue weighted by Gasteiger charge is -2.10. The molecule has 0 aromatic heterocycles. The summed E-state index contributed by atoms with van der Waals surface area (Å²) in [6, 6.07) is 12.8. The van der Waals surface area contributed by atoms with Gasteiger partial charge in [-0.3, -0.25) is 4.79 Å². The fraction of sp³-hybridized carbons (Fsp3) is 0.125. The molecule has 0 aliphatic rings. The van der Waals surface area contributed by atoms with E-state index in [9.17, 15) is 14.4 Å². The zero-order valence-electron chi connectivity index (χ0n) is 10.7. The van der Waals surface area contributed by atoms with Crippen molar-refractivity contribution in [1.29, 1.82) is 5.26 Å². The van der Waals surface area contributed by atoms with Crippen molar-refractivity contribution in [2.75, 3.05) is 0 Å². The van der Waals surface area contributed by atoms with Crippen molar-refractivity contribution in [3.05, 3.63) is 70.0 Å². The number of nitrogens with zero attached hydrogens (tertiary/aromatic N) is 1. The fourth-order valence-corrected chi connectivity index (χ4v) is 2.05. The summed E-state index contributed by atoms with van der Waals surface area (Å²) >= 11 is 5.65. The van der Waals surface area contributed by atoms with Crippen molar-refractivity contribution in [2.45, 2.75) is 12.8 Å². The quantitative estimate of drug-likeness (QED) is 0.791. The van der Waals surface area contributed by atoms with Crippen LogP contribution in [0.1, 0.15) is 27.4 Å². The zero-order valence-corrected chi connectivity index (χ0v) is 11.5. The largest absolute Gasteiger partial charge is 0.292 e. The predicted molar refractivity (Wildman–Crippen MR) is 75.3 cm³/mol. The Bertz CT molecular complexity index is 689. The van der Waals surface area contributed by atoms with Gasteiger partial charge < -0.3 is 0 Å². The van der Waals surface area contributed by atoms with Gasteiger partial charge in [0.15, 0.2) is 5.78 Å². The van der Waals surface area contributed by atoms with Gasteiger partial charge in [-0.15, -0.1) is 0 Å². The van der Waals surface area contributed by atoms with Gasteiger partial charge in [-0.2, -0.15) is 5.26 Å². The van der Waals surface area contributed by atoms with Crippen LogP contribution in [0.15, 0.2) is 42.5 Å². The van der Waals surface area contributed by atoms with E-state index in [4.69, 9.17) is 11.6 Å². The maximum atomic E-state index is 13.8. The molecule has 0 saturated carbocycles. The number of rotatable bonds is 3. The van der Waals surface area contributed by atoms with E-state index in [1.807, 2.05) is 25.1 Å². The summed E-state index contributed by atoms with van der Waals surface area (Å²) in [5, 5.41) is 9.42. The molecule has 0 aliphatic carbocycles. The Morgan fingerprint density at radius 1 is 1.25 bits per heavy atom. The lowest BCUT2D eigenvalue weighted by Crippen LogP contribution is -2.13. The maximum Gasteiger partial charge on any atom is 0.187 e. The molecule has 0 saturated heterocycles. The molecule has 0 radical (unpaired) electrons. The highest BCUT2D eigenvalue weighted by Gasteiger charge is 2.24. The summed E-state index contributed by atoms with van der Waals surface area (Å²) in [6.07, 6.45) is 0. The number of halogens is 2. The second-order valence-electron chi connectivity index (χ2n) is 4.46. The average molecular weight is 288 g/mol. The first kappa shape index (κ1) is 14.2. The SMILES string of the molecule is Cc1ccc(C(C#N)C(=O)c2ccc(Cl)cc2F)cc1. The third-order valence-electron chi connectivity index (χ3n) is 3.00. The minimum absolute atomic E-state index is 0.124. The molecular weight excluding hydrogens is 277 g/mol. The van der Waals surface area contributed by atoms with Crippen molar-refractivity contribution in [2.24, 2.45) is 0 Å². The molecule has 2 aromatic rings. The van der Waals surface area contributed by atoms with Crippen LogP contribution in [0.5, 0.6) is 0 Å². The molecule has 0 N–H and O–H groups in total. The van der Waals surface area contributed by atoms with Crippen LogP contribution in [-0.4, -0.2) is 5.78 Å².